The summed E-state index contributed by atoms with van der Waals surface area (Å²) in [5.41, 5.74) is 7.88. The number of likely N-dealkylation sites (tertiary alicyclic amines) is 1. The highest BCUT2D eigenvalue weighted by molar-refractivity contribution is 5.72. The van der Waals surface area contributed by atoms with E-state index >= 15 is 0 Å². The molecule has 2 amide bonds. The lowest BCUT2D eigenvalue weighted by atomic mass is 9.69. The summed E-state index contributed by atoms with van der Waals surface area (Å²) >= 11 is 0. The summed E-state index contributed by atoms with van der Waals surface area (Å²) in [6, 6.07) is 20.6. The van der Waals surface area contributed by atoms with Gasteiger partial charge in [0, 0.05) is 18.5 Å². The molecule has 2 aromatic rings. The lowest BCUT2D eigenvalue weighted by molar-refractivity contribution is 0.170. The van der Waals surface area contributed by atoms with E-state index in [2.05, 4.69) is 48.5 Å². The van der Waals surface area contributed by atoms with Gasteiger partial charge in [0.25, 0.3) is 0 Å². The lowest BCUT2D eigenvalue weighted by Gasteiger charge is -2.43. The van der Waals surface area contributed by atoms with Crippen molar-refractivity contribution in [2.75, 3.05) is 13.1 Å². The zero-order valence-electron chi connectivity index (χ0n) is 12.0. The molecule has 2 N–H and O–H groups in total. The molecule has 21 heavy (non-hydrogen) atoms. The van der Waals surface area contributed by atoms with Crippen LogP contribution in [0.4, 0.5) is 4.79 Å². The van der Waals surface area contributed by atoms with E-state index in [1.54, 1.807) is 4.90 Å². The Morgan fingerprint density at radius 3 is 1.95 bits per heavy atom. The predicted octanol–water partition coefficient (Wildman–Crippen LogP) is 3.15. The van der Waals surface area contributed by atoms with Crippen LogP contribution in [0.3, 0.4) is 0 Å². The Morgan fingerprint density at radius 2 is 1.48 bits per heavy atom. The van der Waals surface area contributed by atoms with Gasteiger partial charge in [0.1, 0.15) is 0 Å². The third-order valence-electron chi connectivity index (χ3n) is 4.46. The predicted molar refractivity (Wildman–Crippen MR) is 84.1 cm³/mol. The van der Waals surface area contributed by atoms with Crippen molar-refractivity contribution in [3.8, 4) is 0 Å². The SMILES string of the molecule is NC(=O)N1CCCC(c2ccccc2)(c2ccccc2)C1. The average molecular weight is 280 g/mol. The normalized spacial score (nSPS) is 17.4. The Bertz CT molecular complexity index is 570. The maximum Gasteiger partial charge on any atom is 0.314 e. The minimum absolute atomic E-state index is 0.157. The van der Waals surface area contributed by atoms with Crippen LogP contribution >= 0.6 is 0 Å². The van der Waals surface area contributed by atoms with Gasteiger partial charge in [-0.1, -0.05) is 60.7 Å². The van der Waals surface area contributed by atoms with E-state index in [1.165, 1.54) is 11.1 Å². The van der Waals surface area contributed by atoms with Crippen molar-refractivity contribution in [1.29, 1.82) is 0 Å². The van der Waals surface area contributed by atoms with Gasteiger partial charge >= 0.3 is 6.03 Å². The molecule has 1 aliphatic rings. The number of benzene rings is 2. The van der Waals surface area contributed by atoms with Crippen LogP contribution in [0.25, 0.3) is 0 Å². The second kappa shape index (κ2) is 5.60. The smallest absolute Gasteiger partial charge is 0.314 e. The van der Waals surface area contributed by atoms with E-state index in [0.29, 0.717) is 6.54 Å². The van der Waals surface area contributed by atoms with Crippen LogP contribution in [0.1, 0.15) is 24.0 Å². The largest absolute Gasteiger partial charge is 0.351 e. The summed E-state index contributed by atoms with van der Waals surface area (Å²) in [6.45, 7) is 1.40. The molecule has 1 aliphatic heterocycles. The Kier molecular flexibility index (Phi) is 3.65. The number of primary amides is 1. The number of carbonyl (C=O) groups is 1. The first-order valence-electron chi connectivity index (χ1n) is 7.38. The molecule has 0 atom stereocenters. The molecule has 0 aromatic heterocycles. The van der Waals surface area contributed by atoms with Gasteiger partial charge in [-0.05, 0) is 24.0 Å². The molecule has 1 saturated heterocycles. The van der Waals surface area contributed by atoms with Gasteiger partial charge in [-0.3, -0.25) is 0 Å². The van der Waals surface area contributed by atoms with Gasteiger partial charge < -0.3 is 10.6 Å². The number of rotatable bonds is 2. The number of amides is 2. The highest BCUT2D eigenvalue weighted by Gasteiger charge is 2.39. The Labute approximate surface area is 125 Å². The van der Waals surface area contributed by atoms with E-state index in [-0.39, 0.29) is 11.4 Å². The summed E-state index contributed by atoms with van der Waals surface area (Å²) in [5, 5.41) is 0. The lowest BCUT2D eigenvalue weighted by Crippen LogP contribution is -2.50. The van der Waals surface area contributed by atoms with Gasteiger partial charge in [-0.2, -0.15) is 0 Å². The van der Waals surface area contributed by atoms with Crippen molar-refractivity contribution >= 4 is 6.03 Å². The molecule has 3 heteroatoms. The number of nitrogens with zero attached hydrogens (tertiary/aromatic N) is 1. The van der Waals surface area contributed by atoms with Crippen LogP contribution < -0.4 is 5.73 Å². The molecular formula is C18H20N2O. The summed E-state index contributed by atoms with van der Waals surface area (Å²) in [5.74, 6) is 0. The van der Waals surface area contributed by atoms with E-state index < -0.39 is 0 Å². The minimum Gasteiger partial charge on any atom is -0.351 e. The summed E-state index contributed by atoms with van der Waals surface area (Å²) in [6.07, 6.45) is 2.00. The highest BCUT2D eigenvalue weighted by Crippen LogP contribution is 2.40. The van der Waals surface area contributed by atoms with Gasteiger partial charge in [0.15, 0.2) is 0 Å². The molecule has 3 nitrogen and oxygen atoms in total. The van der Waals surface area contributed by atoms with Crippen LogP contribution in [0.15, 0.2) is 60.7 Å². The highest BCUT2D eigenvalue weighted by atomic mass is 16.2. The van der Waals surface area contributed by atoms with E-state index in [1.807, 2.05) is 12.1 Å². The van der Waals surface area contributed by atoms with E-state index in [0.717, 1.165) is 19.4 Å². The number of hydrogen-bond acceptors (Lipinski definition) is 1. The number of hydrogen-bond donors (Lipinski definition) is 1. The molecule has 1 heterocycles. The van der Waals surface area contributed by atoms with Gasteiger partial charge in [0.05, 0.1) is 0 Å². The second-order valence-corrected chi connectivity index (χ2v) is 5.68. The molecule has 0 aliphatic carbocycles. The molecular weight excluding hydrogens is 260 g/mol. The Balaban J connectivity index is 2.09. The quantitative estimate of drug-likeness (QED) is 0.902. The van der Waals surface area contributed by atoms with Crippen molar-refractivity contribution in [3.05, 3.63) is 71.8 Å². The molecule has 2 aromatic carbocycles. The van der Waals surface area contributed by atoms with Crippen molar-refractivity contribution in [1.82, 2.24) is 4.90 Å². The first kappa shape index (κ1) is 13.7. The van der Waals surface area contributed by atoms with Crippen LogP contribution in [-0.2, 0) is 5.41 Å². The van der Waals surface area contributed by atoms with Crippen molar-refractivity contribution in [2.24, 2.45) is 5.73 Å². The molecule has 0 radical (unpaired) electrons. The fourth-order valence-electron chi connectivity index (χ4n) is 3.40. The Morgan fingerprint density at radius 1 is 0.952 bits per heavy atom. The van der Waals surface area contributed by atoms with Crippen LogP contribution in [0.5, 0.6) is 0 Å². The molecule has 0 saturated carbocycles. The molecule has 3 rings (SSSR count). The van der Waals surface area contributed by atoms with Gasteiger partial charge in [-0.15, -0.1) is 0 Å². The topological polar surface area (TPSA) is 46.3 Å². The number of carbonyl (C=O) groups excluding carboxylic acids is 1. The third kappa shape index (κ3) is 2.51. The molecule has 108 valence electrons. The van der Waals surface area contributed by atoms with Crippen molar-refractivity contribution < 1.29 is 4.79 Å². The monoisotopic (exact) mass is 280 g/mol. The number of urea groups is 1. The first-order valence-corrected chi connectivity index (χ1v) is 7.38. The minimum atomic E-state index is -0.328. The zero-order chi connectivity index (χ0) is 14.7. The number of nitrogens with two attached hydrogens (primary N) is 1. The number of piperidine rings is 1. The van der Waals surface area contributed by atoms with E-state index in [9.17, 15) is 4.79 Å². The molecule has 1 fully saturated rings. The average Bonchev–Trinajstić information content (AvgIpc) is 2.56. The standard InChI is InChI=1S/C18H20N2O/c19-17(21)20-13-7-12-18(14-20,15-8-3-1-4-9-15)16-10-5-2-6-11-16/h1-6,8-11H,7,12-14H2,(H2,19,21). The van der Waals surface area contributed by atoms with Crippen LogP contribution in [-0.4, -0.2) is 24.0 Å². The summed E-state index contributed by atoms with van der Waals surface area (Å²) in [7, 11) is 0. The fraction of sp³-hybridized carbons (Fsp3) is 0.278. The fourth-order valence-corrected chi connectivity index (χ4v) is 3.40. The molecule has 0 bridgehead atoms. The maximum atomic E-state index is 11.7. The Hall–Kier alpha value is -2.29. The molecule has 0 spiro atoms. The first-order chi connectivity index (χ1) is 10.2. The van der Waals surface area contributed by atoms with Crippen LogP contribution in [0, 0.1) is 0 Å². The third-order valence-corrected chi connectivity index (χ3v) is 4.46. The zero-order valence-corrected chi connectivity index (χ0v) is 12.0. The summed E-state index contributed by atoms with van der Waals surface area (Å²) < 4.78 is 0. The second-order valence-electron chi connectivity index (χ2n) is 5.68. The van der Waals surface area contributed by atoms with E-state index in [4.69, 9.17) is 5.73 Å². The van der Waals surface area contributed by atoms with Crippen molar-refractivity contribution in [3.63, 3.8) is 0 Å². The molecule has 0 unspecified atom stereocenters. The van der Waals surface area contributed by atoms with Gasteiger partial charge in [-0.25, -0.2) is 4.79 Å². The van der Waals surface area contributed by atoms with Gasteiger partial charge in [0.2, 0.25) is 0 Å². The van der Waals surface area contributed by atoms with Crippen molar-refractivity contribution in [2.45, 2.75) is 18.3 Å². The maximum absolute atomic E-state index is 11.7. The van der Waals surface area contributed by atoms with Crippen LogP contribution in [0.2, 0.25) is 0 Å². The summed E-state index contributed by atoms with van der Waals surface area (Å²) in [4.78, 5) is 13.4.